The number of benzene rings is 1. The zero-order valence-electron chi connectivity index (χ0n) is 11.5. The highest BCUT2D eigenvalue weighted by Gasteiger charge is 2.35. The summed E-state index contributed by atoms with van der Waals surface area (Å²) in [6.45, 7) is 1.03. The lowest BCUT2D eigenvalue weighted by Crippen LogP contribution is -2.32. The van der Waals surface area contributed by atoms with E-state index in [1.165, 1.54) is 4.31 Å². The number of nitrogens with one attached hydrogen (secondary N) is 1. The lowest BCUT2D eigenvalue weighted by Gasteiger charge is -2.23. The van der Waals surface area contributed by atoms with Crippen molar-refractivity contribution in [1.29, 1.82) is 0 Å². The maximum Gasteiger partial charge on any atom is 0.239 e. The molecule has 5 nitrogen and oxygen atoms in total. The van der Waals surface area contributed by atoms with E-state index >= 15 is 0 Å². The molecule has 0 spiro atoms. The van der Waals surface area contributed by atoms with Crippen molar-refractivity contribution in [3.8, 4) is 0 Å². The summed E-state index contributed by atoms with van der Waals surface area (Å²) in [6.07, 6.45) is 1.97. The van der Waals surface area contributed by atoms with Crippen LogP contribution in [-0.4, -0.2) is 27.4 Å². The van der Waals surface area contributed by atoms with Gasteiger partial charge in [-0.3, -0.25) is 9.10 Å². The van der Waals surface area contributed by atoms with E-state index < -0.39 is 10.0 Å². The number of carbonyl (C=O) groups is 1. The first kappa shape index (κ1) is 14.7. The fourth-order valence-corrected chi connectivity index (χ4v) is 4.80. The van der Waals surface area contributed by atoms with Crippen LogP contribution >= 0.6 is 11.6 Å². The summed E-state index contributed by atoms with van der Waals surface area (Å²) in [6, 6.07) is 5.20. The van der Waals surface area contributed by atoms with Crippen molar-refractivity contribution in [3.05, 3.63) is 28.8 Å². The number of hydrogen-bond acceptors (Lipinski definition) is 3. The minimum absolute atomic E-state index is 0.0312. The summed E-state index contributed by atoms with van der Waals surface area (Å²) in [5.74, 6) is 0.262. The van der Waals surface area contributed by atoms with Crippen LogP contribution in [0.4, 0.5) is 5.69 Å². The number of sulfonamides is 1. The predicted molar refractivity (Wildman–Crippen MR) is 81.8 cm³/mol. The first-order valence-electron chi connectivity index (χ1n) is 7.01. The molecule has 1 amide bonds. The van der Waals surface area contributed by atoms with Crippen LogP contribution in [0.1, 0.15) is 24.8 Å². The summed E-state index contributed by atoms with van der Waals surface area (Å²) in [7, 11) is -3.32. The van der Waals surface area contributed by atoms with Gasteiger partial charge in [0.2, 0.25) is 15.9 Å². The molecule has 0 aromatic heterocycles. The Morgan fingerprint density at radius 1 is 1.33 bits per heavy atom. The molecule has 1 aromatic carbocycles. The van der Waals surface area contributed by atoms with E-state index in [-0.39, 0.29) is 17.6 Å². The minimum atomic E-state index is -3.32. The number of carbonyl (C=O) groups excluding carboxylic acids is 1. The van der Waals surface area contributed by atoms with E-state index in [1.807, 2.05) is 0 Å². The van der Waals surface area contributed by atoms with Crippen molar-refractivity contribution >= 4 is 33.2 Å². The van der Waals surface area contributed by atoms with Crippen LogP contribution in [0.2, 0.25) is 5.02 Å². The smallest absolute Gasteiger partial charge is 0.239 e. The summed E-state index contributed by atoms with van der Waals surface area (Å²) < 4.78 is 26.2. The number of rotatable bonds is 2. The molecule has 1 aromatic rings. The number of anilines is 1. The molecule has 0 bridgehead atoms. The molecule has 21 heavy (non-hydrogen) atoms. The Morgan fingerprint density at radius 3 is 2.95 bits per heavy atom. The summed E-state index contributed by atoms with van der Waals surface area (Å²) >= 11 is 5.99. The van der Waals surface area contributed by atoms with Crippen LogP contribution in [0.3, 0.4) is 0 Å². The molecule has 1 unspecified atom stereocenters. The molecule has 0 saturated carbocycles. The monoisotopic (exact) mass is 328 g/mol. The predicted octanol–water partition coefficient (Wildman–Crippen LogP) is 1.91. The van der Waals surface area contributed by atoms with E-state index in [2.05, 4.69) is 5.32 Å². The molecular formula is C14H17ClN2O3S. The molecule has 1 atom stereocenters. The average molecular weight is 329 g/mol. The summed E-state index contributed by atoms with van der Waals surface area (Å²) in [5, 5.41) is 3.36. The number of nitrogens with zero attached hydrogens (tertiary/aromatic N) is 1. The Kier molecular flexibility index (Phi) is 3.84. The molecule has 114 valence electrons. The number of fused-ring (bicyclic) bond motifs is 1. The second-order valence-corrected chi connectivity index (χ2v) is 7.93. The third kappa shape index (κ3) is 3.01. The second-order valence-electron chi connectivity index (χ2n) is 5.60. The van der Waals surface area contributed by atoms with Gasteiger partial charge in [0.25, 0.3) is 0 Å². The van der Waals surface area contributed by atoms with Gasteiger partial charge in [0.15, 0.2) is 0 Å². The maximum absolute atomic E-state index is 12.4. The summed E-state index contributed by atoms with van der Waals surface area (Å²) in [4.78, 5) is 11.4. The standard InChI is InChI=1S/C14H17ClN2O3S/c15-12-3-2-11-9-21(19,20)17(13(11)7-12)8-10-1-4-14(18)16-6-5-10/h2-3,7,10H,1,4-6,8-9H2,(H,16,18). The van der Waals surface area contributed by atoms with Crippen molar-refractivity contribution in [2.75, 3.05) is 17.4 Å². The van der Waals surface area contributed by atoms with Crippen LogP contribution in [-0.2, 0) is 20.6 Å². The van der Waals surface area contributed by atoms with E-state index in [9.17, 15) is 13.2 Å². The van der Waals surface area contributed by atoms with Crippen molar-refractivity contribution < 1.29 is 13.2 Å². The van der Waals surface area contributed by atoms with Crippen LogP contribution in [0.25, 0.3) is 0 Å². The zero-order valence-corrected chi connectivity index (χ0v) is 13.1. The van der Waals surface area contributed by atoms with Gasteiger partial charge in [-0.1, -0.05) is 17.7 Å². The van der Waals surface area contributed by atoms with Gasteiger partial charge in [-0.15, -0.1) is 0 Å². The molecular weight excluding hydrogens is 312 g/mol. The Labute approximate surface area is 129 Å². The van der Waals surface area contributed by atoms with Gasteiger partial charge < -0.3 is 5.32 Å². The molecule has 2 heterocycles. The Hall–Kier alpha value is -1.27. The van der Waals surface area contributed by atoms with Crippen molar-refractivity contribution in [3.63, 3.8) is 0 Å². The van der Waals surface area contributed by atoms with E-state index in [1.54, 1.807) is 18.2 Å². The third-order valence-corrected chi connectivity index (χ3v) is 6.00. The fourth-order valence-electron chi connectivity index (χ4n) is 2.93. The second kappa shape index (κ2) is 5.50. The van der Waals surface area contributed by atoms with Crippen LogP contribution in [0.15, 0.2) is 18.2 Å². The lowest BCUT2D eigenvalue weighted by atomic mass is 10.0. The van der Waals surface area contributed by atoms with Crippen LogP contribution in [0, 0.1) is 5.92 Å². The van der Waals surface area contributed by atoms with E-state index in [0.717, 1.165) is 12.0 Å². The number of amides is 1. The summed E-state index contributed by atoms with van der Waals surface area (Å²) in [5.41, 5.74) is 1.48. The van der Waals surface area contributed by atoms with Gasteiger partial charge in [0, 0.05) is 24.5 Å². The highest BCUT2D eigenvalue weighted by atomic mass is 35.5. The Morgan fingerprint density at radius 2 is 2.14 bits per heavy atom. The van der Waals surface area contributed by atoms with Gasteiger partial charge in [-0.05, 0) is 36.5 Å². The van der Waals surface area contributed by atoms with Crippen molar-refractivity contribution in [1.82, 2.24) is 5.32 Å². The van der Waals surface area contributed by atoms with Crippen molar-refractivity contribution in [2.24, 2.45) is 5.92 Å². The molecule has 7 heteroatoms. The molecule has 1 saturated heterocycles. The molecule has 1 N–H and O–H groups in total. The normalized spacial score (nSPS) is 24.3. The molecule has 0 aliphatic carbocycles. The largest absolute Gasteiger partial charge is 0.356 e. The van der Waals surface area contributed by atoms with Gasteiger partial charge in [0.05, 0.1) is 11.4 Å². The average Bonchev–Trinajstić information content (AvgIpc) is 2.56. The number of halogens is 1. The molecule has 3 rings (SSSR count). The van der Waals surface area contributed by atoms with Crippen LogP contribution in [0.5, 0.6) is 0 Å². The van der Waals surface area contributed by atoms with Gasteiger partial charge >= 0.3 is 0 Å². The Bertz CT molecular complexity index is 675. The first-order valence-corrected chi connectivity index (χ1v) is 9.00. The van der Waals surface area contributed by atoms with Crippen LogP contribution < -0.4 is 9.62 Å². The number of hydrogen-bond donors (Lipinski definition) is 1. The quantitative estimate of drug-likeness (QED) is 0.901. The van der Waals surface area contributed by atoms with E-state index in [4.69, 9.17) is 11.6 Å². The molecule has 0 radical (unpaired) electrons. The SMILES string of the molecule is O=C1CCC(CN2c3cc(Cl)ccc3CS2(=O)=O)CCN1. The highest BCUT2D eigenvalue weighted by Crippen LogP contribution is 2.36. The lowest BCUT2D eigenvalue weighted by molar-refractivity contribution is -0.120. The minimum Gasteiger partial charge on any atom is -0.356 e. The fraction of sp³-hybridized carbons (Fsp3) is 0.500. The van der Waals surface area contributed by atoms with Gasteiger partial charge in [0.1, 0.15) is 0 Å². The van der Waals surface area contributed by atoms with Crippen molar-refractivity contribution in [2.45, 2.75) is 25.0 Å². The topological polar surface area (TPSA) is 66.5 Å². The highest BCUT2D eigenvalue weighted by molar-refractivity contribution is 7.92. The van der Waals surface area contributed by atoms with Gasteiger partial charge in [-0.2, -0.15) is 0 Å². The van der Waals surface area contributed by atoms with Gasteiger partial charge in [-0.25, -0.2) is 8.42 Å². The molecule has 2 aliphatic heterocycles. The zero-order chi connectivity index (χ0) is 15.0. The molecule has 1 fully saturated rings. The van der Waals surface area contributed by atoms with E-state index in [0.29, 0.717) is 36.6 Å². The molecule has 2 aliphatic rings. The maximum atomic E-state index is 12.4. The first-order chi connectivity index (χ1) is 9.95. The third-order valence-electron chi connectivity index (χ3n) is 4.07. The Balaban J connectivity index is 1.84.